The van der Waals surface area contributed by atoms with Gasteiger partial charge in [-0.15, -0.1) is 0 Å². The van der Waals surface area contributed by atoms with E-state index in [-0.39, 0.29) is 5.97 Å². The van der Waals surface area contributed by atoms with Gasteiger partial charge in [0.1, 0.15) is 5.69 Å². The van der Waals surface area contributed by atoms with Crippen LogP contribution in [0.15, 0.2) is 65.8 Å². The Kier molecular flexibility index (Phi) is 5.12. The summed E-state index contributed by atoms with van der Waals surface area (Å²) in [5.41, 5.74) is 3.72. The number of benzene rings is 2. The van der Waals surface area contributed by atoms with Crippen molar-refractivity contribution in [2.24, 2.45) is 5.10 Å². The van der Waals surface area contributed by atoms with Crippen LogP contribution in [-0.4, -0.2) is 44.4 Å². The van der Waals surface area contributed by atoms with Crippen molar-refractivity contribution in [3.05, 3.63) is 76.6 Å². The van der Waals surface area contributed by atoms with Gasteiger partial charge in [0.05, 0.1) is 24.6 Å². The number of esters is 1. The SMILES string of the molecule is COC(=O)c1ccc(/C=N\n2c(-c3cc(-c4ccccc4)n[nH]3)n[nH]c2=S)cc1. The van der Waals surface area contributed by atoms with Crippen molar-refractivity contribution >= 4 is 24.4 Å². The van der Waals surface area contributed by atoms with E-state index in [4.69, 9.17) is 17.0 Å². The second-order valence-corrected chi connectivity index (χ2v) is 6.44. The molecule has 29 heavy (non-hydrogen) atoms. The van der Waals surface area contributed by atoms with Crippen molar-refractivity contribution in [3.8, 4) is 22.8 Å². The van der Waals surface area contributed by atoms with Gasteiger partial charge in [-0.1, -0.05) is 42.5 Å². The molecule has 0 saturated carbocycles. The molecule has 9 heteroatoms. The maximum atomic E-state index is 11.5. The normalized spacial score (nSPS) is 11.1. The molecular formula is C20H16N6O2S. The summed E-state index contributed by atoms with van der Waals surface area (Å²) in [6.45, 7) is 0. The minimum atomic E-state index is -0.388. The Balaban J connectivity index is 1.61. The lowest BCUT2D eigenvalue weighted by Gasteiger charge is -2.00. The molecule has 144 valence electrons. The van der Waals surface area contributed by atoms with Crippen LogP contribution in [0.1, 0.15) is 15.9 Å². The molecule has 0 aliphatic heterocycles. The first-order valence-electron chi connectivity index (χ1n) is 8.67. The summed E-state index contributed by atoms with van der Waals surface area (Å²) >= 11 is 5.29. The van der Waals surface area contributed by atoms with E-state index in [0.29, 0.717) is 21.9 Å². The molecule has 0 radical (unpaired) electrons. The number of hydrogen-bond donors (Lipinski definition) is 2. The smallest absolute Gasteiger partial charge is 0.337 e. The number of rotatable bonds is 5. The number of H-pyrrole nitrogens is 2. The maximum absolute atomic E-state index is 11.5. The van der Waals surface area contributed by atoms with E-state index in [9.17, 15) is 4.79 Å². The molecule has 4 aromatic rings. The van der Waals surface area contributed by atoms with Crippen LogP contribution in [0.3, 0.4) is 0 Å². The highest BCUT2D eigenvalue weighted by Gasteiger charge is 2.12. The summed E-state index contributed by atoms with van der Waals surface area (Å²) in [5, 5.41) is 18.7. The summed E-state index contributed by atoms with van der Waals surface area (Å²) in [4.78, 5) is 11.5. The quantitative estimate of drug-likeness (QED) is 0.300. The maximum Gasteiger partial charge on any atom is 0.337 e. The zero-order chi connectivity index (χ0) is 20.2. The fraction of sp³-hybridized carbons (Fsp3) is 0.0500. The van der Waals surface area contributed by atoms with Crippen LogP contribution in [0.5, 0.6) is 0 Å². The van der Waals surface area contributed by atoms with Gasteiger partial charge >= 0.3 is 5.97 Å². The van der Waals surface area contributed by atoms with Gasteiger partial charge in [-0.3, -0.25) is 5.10 Å². The summed E-state index contributed by atoms with van der Waals surface area (Å²) in [6, 6.07) is 18.6. The lowest BCUT2D eigenvalue weighted by molar-refractivity contribution is 0.0600. The third kappa shape index (κ3) is 3.90. The number of hydrogen-bond acceptors (Lipinski definition) is 6. The number of nitrogens with one attached hydrogen (secondary N) is 2. The molecule has 0 spiro atoms. The van der Waals surface area contributed by atoms with Crippen LogP contribution in [0.4, 0.5) is 0 Å². The number of ether oxygens (including phenoxy) is 1. The molecule has 2 aromatic carbocycles. The van der Waals surface area contributed by atoms with Gasteiger partial charge in [0.2, 0.25) is 10.6 Å². The van der Waals surface area contributed by atoms with E-state index in [1.54, 1.807) is 30.5 Å². The highest BCUT2D eigenvalue weighted by atomic mass is 32.1. The molecule has 0 bridgehead atoms. The predicted molar refractivity (Wildman–Crippen MR) is 111 cm³/mol. The first-order valence-corrected chi connectivity index (χ1v) is 9.08. The van der Waals surface area contributed by atoms with E-state index in [2.05, 4.69) is 25.5 Å². The van der Waals surface area contributed by atoms with Crippen molar-refractivity contribution in [3.63, 3.8) is 0 Å². The number of carbonyl (C=O) groups is 1. The Morgan fingerprint density at radius 3 is 2.59 bits per heavy atom. The molecule has 4 rings (SSSR count). The number of aromatic amines is 2. The summed E-state index contributed by atoms with van der Waals surface area (Å²) in [5.74, 6) is 0.119. The number of nitrogens with zero attached hydrogens (tertiary/aromatic N) is 4. The average molecular weight is 404 g/mol. The summed E-state index contributed by atoms with van der Waals surface area (Å²) < 4.78 is 6.55. The molecule has 0 aliphatic carbocycles. The lowest BCUT2D eigenvalue weighted by Crippen LogP contribution is -2.01. The van der Waals surface area contributed by atoms with Crippen molar-refractivity contribution in [2.75, 3.05) is 7.11 Å². The van der Waals surface area contributed by atoms with Crippen molar-refractivity contribution in [1.82, 2.24) is 25.1 Å². The number of carbonyl (C=O) groups excluding carboxylic acids is 1. The van der Waals surface area contributed by atoms with E-state index in [0.717, 1.165) is 16.8 Å². The Hall–Kier alpha value is -3.85. The molecule has 0 atom stereocenters. The van der Waals surface area contributed by atoms with Crippen LogP contribution < -0.4 is 0 Å². The Morgan fingerprint density at radius 1 is 1.10 bits per heavy atom. The van der Waals surface area contributed by atoms with Crippen molar-refractivity contribution in [1.29, 1.82) is 0 Å². The van der Waals surface area contributed by atoms with Crippen LogP contribution >= 0.6 is 12.2 Å². The van der Waals surface area contributed by atoms with Crippen LogP contribution in [0.25, 0.3) is 22.8 Å². The third-order valence-corrected chi connectivity index (χ3v) is 4.46. The molecule has 0 unspecified atom stereocenters. The fourth-order valence-corrected chi connectivity index (χ4v) is 2.89. The molecule has 0 amide bonds. The zero-order valence-electron chi connectivity index (χ0n) is 15.4. The van der Waals surface area contributed by atoms with Gasteiger partial charge < -0.3 is 4.74 Å². The molecular weight excluding hydrogens is 388 g/mol. The van der Waals surface area contributed by atoms with Gasteiger partial charge in [0.25, 0.3) is 0 Å². The highest BCUT2D eigenvalue weighted by Crippen LogP contribution is 2.22. The Labute approximate surface area is 170 Å². The Morgan fingerprint density at radius 2 is 1.86 bits per heavy atom. The Bertz CT molecular complexity index is 1220. The second kappa shape index (κ2) is 8.03. The van der Waals surface area contributed by atoms with Crippen molar-refractivity contribution in [2.45, 2.75) is 0 Å². The van der Waals surface area contributed by atoms with Gasteiger partial charge in [0, 0.05) is 5.56 Å². The molecule has 2 heterocycles. The predicted octanol–water partition coefficient (Wildman–Crippen LogP) is 3.67. The molecule has 2 N–H and O–H groups in total. The largest absolute Gasteiger partial charge is 0.465 e. The van der Waals surface area contributed by atoms with E-state index in [1.807, 2.05) is 36.4 Å². The zero-order valence-corrected chi connectivity index (χ0v) is 16.2. The molecule has 0 fully saturated rings. The minimum absolute atomic E-state index is 0.346. The van der Waals surface area contributed by atoms with Gasteiger partial charge in [-0.2, -0.15) is 20.0 Å². The van der Waals surface area contributed by atoms with Crippen molar-refractivity contribution < 1.29 is 9.53 Å². The lowest BCUT2D eigenvalue weighted by atomic mass is 10.1. The number of aromatic nitrogens is 5. The number of methoxy groups -OCH3 is 1. The summed E-state index contributed by atoms with van der Waals surface area (Å²) in [6.07, 6.45) is 1.63. The van der Waals surface area contributed by atoms with E-state index in [1.165, 1.54) is 11.8 Å². The third-order valence-electron chi connectivity index (χ3n) is 4.19. The van der Waals surface area contributed by atoms with Gasteiger partial charge in [-0.25, -0.2) is 9.89 Å². The fourth-order valence-electron chi connectivity index (χ4n) is 2.71. The highest BCUT2D eigenvalue weighted by molar-refractivity contribution is 7.71. The molecule has 0 aliphatic rings. The topological polar surface area (TPSA) is 101 Å². The van der Waals surface area contributed by atoms with Gasteiger partial charge in [-0.05, 0) is 36.0 Å². The second-order valence-electron chi connectivity index (χ2n) is 6.06. The molecule has 8 nitrogen and oxygen atoms in total. The standard InChI is InChI=1S/C20H16N6O2S/c1-28-19(27)15-9-7-13(8-10-15)12-21-26-18(24-25-20(26)29)17-11-16(22-23-17)14-5-3-2-4-6-14/h2-12H,1H3,(H,22,23)(H,25,29)/b21-12-. The van der Waals surface area contributed by atoms with E-state index < -0.39 is 0 Å². The minimum Gasteiger partial charge on any atom is -0.465 e. The summed E-state index contributed by atoms with van der Waals surface area (Å²) in [7, 11) is 1.35. The monoisotopic (exact) mass is 404 g/mol. The first-order chi connectivity index (χ1) is 14.2. The van der Waals surface area contributed by atoms with Gasteiger partial charge in [0.15, 0.2) is 0 Å². The van der Waals surface area contributed by atoms with Crippen LogP contribution in [-0.2, 0) is 4.74 Å². The van der Waals surface area contributed by atoms with Crippen LogP contribution in [0, 0.1) is 4.77 Å². The average Bonchev–Trinajstić information content (AvgIpc) is 3.39. The van der Waals surface area contributed by atoms with Crippen LogP contribution in [0.2, 0.25) is 0 Å². The molecule has 2 aromatic heterocycles. The first kappa shape index (κ1) is 18.5. The molecule has 0 saturated heterocycles. The van der Waals surface area contributed by atoms with E-state index >= 15 is 0 Å².